The highest BCUT2D eigenvalue weighted by atomic mass is 16.6. The lowest BCUT2D eigenvalue weighted by atomic mass is 10.0. The van der Waals surface area contributed by atoms with Crippen LogP contribution in [-0.2, 0) is 6.42 Å². The molecule has 0 heterocycles. The minimum absolute atomic E-state index is 0.163. The molecule has 4 heteroatoms. The Balaban J connectivity index is 3.11. The highest BCUT2D eigenvalue weighted by Gasteiger charge is 2.19. The number of phenolic OH excluding ortho intramolecular Hbond substituents is 1. The Morgan fingerprint density at radius 2 is 2.13 bits per heavy atom. The van der Waals surface area contributed by atoms with Crippen LogP contribution in [0.1, 0.15) is 30.9 Å². The number of phenols is 1. The Labute approximate surface area is 88.7 Å². The average molecular weight is 209 g/mol. The number of unbranched alkanes of at least 4 members (excludes halogenated alkanes) is 1. The van der Waals surface area contributed by atoms with Gasteiger partial charge in [-0.25, -0.2) is 0 Å². The number of rotatable bonds is 4. The fourth-order valence-electron chi connectivity index (χ4n) is 1.60. The van der Waals surface area contributed by atoms with Crippen molar-refractivity contribution in [3.05, 3.63) is 33.4 Å². The van der Waals surface area contributed by atoms with Gasteiger partial charge in [-0.05, 0) is 31.4 Å². The summed E-state index contributed by atoms with van der Waals surface area (Å²) >= 11 is 0. The molecule has 0 saturated carbocycles. The van der Waals surface area contributed by atoms with Crippen LogP contribution in [-0.4, -0.2) is 10.0 Å². The van der Waals surface area contributed by atoms with Gasteiger partial charge < -0.3 is 5.11 Å². The standard InChI is InChI=1S/C11H15NO3/c1-3-4-5-9-6-7-10(13)11(8(9)2)12(14)15/h6-7,13H,3-5H2,1-2H3. The average Bonchev–Trinajstić information content (AvgIpc) is 2.16. The van der Waals surface area contributed by atoms with E-state index in [1.54, 1.807) is 13.0 Å². The van der Waals surface area contributed by atoms with Gasteiger partial charge in [-0.3, -0.25) is 10.1 Å². The summed E-state index contributed by atoms with van der Waals surface area (Å²) in [4.78, 5) is 10.2. The van der Waals surface area contributed by atoms with Crippen molar-refractivity contribution < 1.29 is 10.0 Å². The molecular weight excluding hydrogens is 194 g/mol. The van der Waals surface area contributed by atoms with Crippen molar-refractivity contribution in [3.8, 4) is 5.75 Å². The zero-order valence-electron chi connectivity index (χ0n) is 8.99. The first kappa shape index (κ1) is 11.5. The highest BCUT2D eigenvalue weighted by Crippen LogP contribution is 2.32. The lowest BCUT2D eigenvalue weighted by Crippen LogP contribution is -1.97. The number of hydrogen-bond donors (Lipinski definition) is 1. The van der Waals surface area contributed by atoms with E-state index in [0.29, 0.717) is 5.56 Å². The normalized spacial score (nSPS) is 10.3. The van der Waals surface area contributed by atoms with Gasteiger partial charge in [0.25, 0.3) is 0 Å². The molecule has 1 aromatic carbocycles. The van der Waals surface area contributed by atoms with Crippen molar-refractivity contribution in [1.29, 1.82) is 0 Å². The zero-order chi connectivity index (χ0) is 11.4. The SMILES string of the molecule is CCCCc1ccc(O)c([N+](=O)[O-])c1C. The monoisotopic (exact) mass is 209 g/mol. The third-order valence-corrected chi connectivity index (χ3v) is 2.50. The maximum Gasteiger partial charge on any atom is 0.313 e. The molecule has 0 bridgehead atoms. The molecule has 82 valence electrons. The fourth-order valence-corrected chi connectivity index (χ4v) is 1.60. The van der Waals surface area contributed by atoms with Crippen LogP contribution in [0.5, 0.6) is 5.75 Å². The molecule has 0 aliphatic rings. The maximum atomic E-state index is 10.7. The zero-order valence-corrected chi connectivity index (χ0v) is 8.99. The Hall–Kier alpha value is -1.58. The molecule has 0 unspecified atom stereocenters. The summed E-state index contributed by atoms with van der Waals surface area (Å²) in [6, 6.07) is 3.16. The number of nitro benzene ring substituents is 1. The minimum atomic E-state index is -0.528. The van der Waals surface area contributed by atoms with Gasteiger partial charge in [-0.15, -0.1) is 0 Å². The van der Waals surface area contributed by atoms with Crippen molar-refractivity contribution in [3.63, 3.8) is 0 Å². The summed E-state index contributed by atoms with van der Waals surface area (Å²) in [6.45, 7) is 3.76. The van der Waals surface area contributed by atoms with Gasteiger partial charge in [-0.1, -0.05) is 19.4 Å². The molecule has 0 aromatic heterocycles. The summed E-state index contributed by atoms with van der Waals surface area (Å²) in [5, 5.41) is 20.1. The molecule has 0 radical (unpaired) electrons. The summed E-state index contributed by atoms with van der Waals surface area (Å²) < 4.78 is 0. The van der Waals surface area contributed by atoms with Crippen molar-refractivity contribution in [2.75, 3.05) is 0 Å². The number of aryl methyl sites for hydroxylation is 1. The molecule has 15 heavy (non-hydrogen) atoms. The second-order valence-corrected chi connectivity index (χ2v) is 3.58. The van der Waals surface area contributed by atoms with Gasteiger partial charge in [0, 0.05) is 5.56 Å². The first-order valence-corrected chi connectivity index (χ1v) is 5.03. The fraction of sp³-hybridized carbons (Fsp3) is 0.455. The van der Waals surface area contributed by atoms with E-state index in [-0.39, 0.29) is 11.4 Å². The second kappa shape index (κ2) is 4.77. The first-order valence-electron chi connectivity index (χ1n) is 5.03. The van der Waals surface area contributed by atoms with Crippen molar-refractivity contribution in [2.45, 2.75) is 33.1 Å². The van der Waals surface area contributed by atoms with E-state index in [1.807, 2.05) is 0 Å². The minimum Gasteiger partial charge on any atom is -0.502 e. The van der Waals surface area contributed by atoms with Crippen LogP contribution in [0.2, 0.25) is 0 Å². The van der Waals surface area contributed by atoms with Gasteiger partial charge in [0.2, 0.25) is 0 Å². The molecule has 0 spiro atoms. The van der Waals surface area contributed by atoms with Gasteiger partial charge in [0.1, 0.15) is 0 Å². The number of aromatic hydroxyl groups is 1. The van der Waals surface area contributed by atoms with E-state index in [0.717, 1.165) is 24.8 Å². The molecular formula is C11H15NO3. The van der Waals surface area contributed by atoms with Crippen LogP contribution >= 0.6 is 0 Å². The topological polar surface area (TPSA) is 63.4 Å². The molecule has 0 atom stereocenters. The van der Waals surface area contributed by atoms with E-state index in [2.05, 4.69) is 6.92 Å². The number of benzene rings is 1. The van der Waals surface area contributed by atoms with E-state index in [4.69, 9.17) is 0 Å². The largest absolute Gasteiger partial charge is 0.502 e. The Morgan fingerprint density at radius 3 is 2.67 bits per heavy atom. The van der Waals surface area contributed by atoms with E-state index < -0.39 is 4.92 Å². The predicted octanol–water partition coefficient (Wildman–Crippen LogP) is 2.95. The number of nitrogens with zero attached hydrogens (tertiary/aromatic N) is 1. The summed E-state index contributed by atoms with van der Waals surface area (Å²) in [7, 11) is 0. The van der Waals surface area contributed by atoms with Crippen LogP contribution in [0.4, 0.5) is 5.69 Å². The van der Waals surface area contributed by atoms with E-state index in [9.17, 15) is 15.2 Å². The van der Waals surface area contributed by atoms with Gasteiger partial charge in [-0.2, -0.15) is 0 Å². The maximum absolute atomic E-state index is 10.7. The summed E-state index contributed by atoms with van der Waals surface area (Å²) in [5.41, 5.74) is 1.36. The van der Waals surface area contributed by atoms with Crippen LogP contribution < -0.4 is 0 Å². The molecule has 0 amide bonds. The molecule has 4 nitrogen and oxygen atoms in total. The van der Waals surface area contributed by atoms with Crippen molar-refractivity contribution >= 4 is 5.69 Å². The Kier molecular flexibility index (Phi) is 3.66. The van der Waals surface area contributed by atoms with Gasteiger partial charge in [0.15, 0.2) is 5.75 Å². The molecule has 0 saturated heterocycles. The van der Waals surface area contributed by atoms with Crippen LogP contribution in [0.25, 0.3) is 0 Å². The molecule has 0 fully saturated rings. The summed E-state index contributed by atoms with van der Waals surface area (Å²) in [6.07, 6.45) is 2.88. The predicted molar refractivity (Wildman–Crippen MR) is 58.1 cm³/mol. The molecule has 0 aliphatic carbocycles. The third kappa shape index (κ3) is 2.46. The molecule has 1 rings (SSSR count). The van der Waals surface area contributed by atoms with Gasteiger partial charge in [0.05, 0.1) is 4.92 Å². The lowest BCUT2D eigenvalue weighted by molar-refractivity contribution is -0.386. The molecule has 0 aliphatic heterocycles. The van der Waals surface area contributed by atoms with E-state index in [1.165, 1.54) is 6.07 Å². The quantitative estimate of drug-likeness (QED) is 0.612. The Bertz CT molecular complexity index is 374. The number of hydrogen-bond acceptors (Lipinski definition) is 3. The third-order valence-electron chi connectivity index (χ3n) is 2.50. The van der Waals surface area contributed by atoms with Crippen LogP contribution in [0.3, 0.4) is 0 Å². The molecule has 1 aromatic rings. The van der Waals surface area contributed by atoms with Crippen molar-refractivity contribution in [2.24, 2.45) is 0 Å². The van der Waals surface area contributed by atoms with Crippen molar-refractivity contribution in [1.82, 2.24) is 0 Å². The second-order valence-electron chi connectivity index (χ2n) is 3.58. The molecule has 1 N–H and O–H groups in total. The van der Waals surface area contributed by atoms with Crippen LogP contribution in [0, 0.1) is 17.0 Å². The van der Waals surface area contributed by atoms with E-state index >= 15 is 0 Å². The summed E-state index contributed by atoms with van der Waals surface area (Å²) in [5.74, 6) is -0.252. The van der Waals surface area contributed by atoms with Gasteiger partial charge >= 0.3 is 5.69 Å². The lowest BCUT2D eigenvalue weighted by Gasteiger charge is -2.06. The Morgan fingerprint density at radius 1 is 1.47 bits per heavy atom. The van der Waals surface area contributed by atoms with Crippen LogP contribution in [0.15, 0.2) is 12.1 Å². The first-order chi connectivity index (χ1) is 7.07. The number of nitro groups is 1. The smallest absolute Gasteiger partial charge is 0.313 e. The highest BCUT2D eigenvalue weighted by molar-refractivity contribution is 5.54.